The summed E-state index contributed by atoms with van der Waals surface area (Å²) in [7, 11) is 2.06. The van der Waals surface area contributed by atoms with Crippen molar-refractivity contribution in [2.45, 2.75) is 32.2 Å². The van der Waals surface area contributed by atoms with Gasteiger partial charge in [0, 0.05) is 23.3 Å². The van der Waals surface area contributed by atoms with Crippen molar-refractivity contribution in [2.75, 3.05) is 18.4 Å². The van der Waals surface area contributed by atoms with E-state index in [2.05, 4.69) is 21.8 Å². The van der Waals surface area contributed by atoms with E-state index in [4.69, 9.17) is 16.6 Å². The van der Waals surface area contributed by atoms with Crippen molar-refractivity contribution in [3.8, 4) is 0 Å². The maximum atomic E-state index is 12.4. The van der Waals surface area contributed by atoms with Crippen molar-refractivity contribution in [1.29, 1.82) is 0 Å². The molecule has 28 heavy (non-hydrogen) atoms. The van der Waals surface area contributed by atoms with Crippen LogP contribution in [0.2, 0.25) is 5.02 Å². The highest BCUT2D eigenvalue weighted by Gasteiger charge is 2.15. The Morgan fingerprint density at radius 3 is 2.50 bits per heavy atom. The van der Waals surface area contributed by atoms with E-state index in [-0.39, 0.29) is 5.91 Å². The van der Waals surface area contributed by atoms with Crippen molar-refractivity contribution < 1.29 is 4.79 Å². The van der Waals surface area contributed by atoms with Crippen molar-refractivity contribution in [1.82, 2.24) is 14.5 Å². The number of amides is 1. The second-order valence-electron chi connectivity index (χ2n) is 7.44. The van der Waals surface area contributed by atoms with Crippen LogP contribution in [0, 0.1) is 0 Å². The number of imidazole rings is 1. The normalized spacial score (nSPS) is 15.5. The first-order valence-corrected chi connectivity index (χ1v) is 10.2. The first-order valence-electron chi connectivity index (χ1n) is 9.85. The average Bonchev–Trinajstić information content (AvgIpc) is 2.85. The number of fused-ring (bicyclic) bond motifs is 1. The molecule has 1 N–H and O–H groups in total. The number of hydrogen-bond donors (Lipinski definition) is 1. The highest BCUT2D eigenvalue weighted by molar-refractivity contribution is 6.30. The first kappa shape index (κ1) is 19.0. The Bertz CT molecular complexity index is 972. The highest BCUT2D eigenvalue weighted by atomic mass is 35.5. The molecule has 6 heteroatoms. The Morgan fingerprint density at radius 2 is 1.79 bits per heavy atom. The van der Waals surface area contributed by atoms with Gasteiger partial charge in [0.25, 0.3) is 5.91 Å². The number of aromatic nitrogens is 2. The molecular formula is C22H25ClN4O. The van der Waals surface area contributed by atoms with Gasteiger partial charge in [0.1, 0.15) is 5.82 Å². The van der Waals surface area contributed by atoms with E-state index in [0.717, 1.165) is 42.2 Å². The third-order valence-corrected chi connectivity index (χ3v) is 5.65. The van der Waals surface area contributed by atoms with Gasteiger partial charge in [-0.15, -0.1) is 0 Å². The standard InChI is InChI=1S/C22H25ClN4O/c1-26-20-11-10-18(24-22(28)16-6-8-17(23)9-7-16)14-19(20)25-21(26)15-27-12-4-2-3-5-13-27/h6-11,14H,2-5,12-13,15H2,1H3,(H,24,28). The number of benzene rings is 2. The fraction of sp³-hybridized carbons (Fsp3) is 0.364. The third-order valence-electron chi connectivity index (χ3n) is 5.40. The lowest BCUT2D eigenvalue weighted by atomic mass is 10.2. The lowest BCUT2D eigenvalue weighted by Crippen LogP contribution is -2.25. The smallest absolute Gasteiger partial charge is 0.255 e. The summed E-state index contributed by atoms with van der Waals surface area (Å²) in [5, 5.41) is 3.56. The van der Waals surface area contributed by atoms with Crippen molar-refractivity contribution in [3.05, 3.63) is 58.9 Å². The summed E-state index contributed by atoms with van der Waals surface area (Å²) >= 11 is 5.89. The summed E-state index contributed by atoms with van der Waals surface area (Å²) in [6, 6.07) is 12.8. The zero-order valence-electron chi connectivity index (χ0n) is 16.1. The third kappa shape index (κ3) is 4.21. The van der Waals surface area contributed by atoms with E-state index in [0.29, 0.717) is 10.6 Å². The summed E-state index contributed by atoms with van der Waals surface area (Å²) in [5.41, 5.74) is 3.30. The van der Waals surface area contributed by atoms with Crippen LogP contribution in [0.1, 0.15) is 41.9 Å². The minimum atomic E-state index is -0.156. The van der Waals surface area contributed by atoms with Crippen LogP contribution in [0.4, 0.5) is 5.69 Å². The summed E-state index contributed by atoms with van der Waals surface area (Å²) in [6.07, 6.45) is 5.20. The number of anilines is 1. The largest absolute Gasteiger partial charge is 0.330 e. The number of aryl methyl sites for hydroxylation is 1. The maximum Gasteiger partial charge on any atom is 0.255 e. The van der Waals surface area contributed by atoms with Gasteiger partial charge in [-0.05, 0) is 68.4 Å². The SMILES string of the molecule is Cn1c(CN2CCCCCC2)nc2cc(NC(=O)c3ccc(Cl)cc3)ccc21. The van der Waals surface area contributed by atoms with Gasteiger partial charge in [0.15, 0.2) is 0 Å². The van der Waals surface area contributed by atoms with E-state index in [1.807, 2.05) is 18.2 Å². The Morgan fingerprint density at radius 1 is 1.07 bits per heavy atom. The molecule has 146 valence electrons. The molecule has 5 nitrogen and oxygen atoms in total. The van der Waals surface area contributed by atoms with Crippen molar-refractivity contribution in [3.63, 3.8) is 0 Å². The zero-order chi connectivity index (χ0) is 19.5. The van der Waals surface area contributed by atoms with Crippen LogP contribution in [0.15, 0.2) is 42.5 Å². The van der Waals surface area contributed by atoms with E-state index >= 15 is 0 Å². The molecule has 1 aliphatic heterocycles. The molecular weight excluding hydrogens is 372 g/mol. The predicted octanol–water partition coefficient (Wildman–Crippen LogP) is 4.86. The number of nitrogens with one attached hydrogen (secondary N) is 1. The van der Waals surface area contributed by atoms with Crippen LogP contribution in [0.3, 0.4) is 0 Å². The molecule has 1 amide bonds. The van der Waals surface area contributed by atoms with E-state index in [1.165, 1.54) is 25.7 Å². The number of carbonyl (C=O) groups is 1. The van der Waals surface area contributed by atoms with Crippen LogP contribution in [0.25, 0.3) is 11.0 Å². The molecule has 0 unspecified atom stereocenters. The van der Waals surface area contributed by atoms with E-state index in [9.17, 15) is 4.79 Å². The van der Waals surface area contributed by atoms with Gasteiger partial charge in [-0.25, -0.2) is 4.98 Å². The summed E-state index contributed by atoms with van der Waals surface area (Å²) in [5.74, 6) is 0.912. The minimum Gasteiger partial charge on any atom is -0.330 e. The molecule has 3 aromatic rings. The minimum absolute atomic E-state index is 0.156. The number of likely N-dealkylation sites (tertiary alicyclic amines) is 1. The Balaban J connectivity index is 1.52. The Hall–Kier alpha value is -2.37. The summed E-state index contributed by atoms with van der Waals surface area (Å²) < 4.78 is 2.16. The molecule has 0 aliphatic carbocycles. The molecule has 0 spiro atoms. The quantitative estimate of drug-likeness (QED) is 0.685. The molecule has 1 aliphatic rings. The lowest BCUT2D eigenvalue weighted by Gasteiger charge is -2.19. The zero-order valence-corrected chi connectivity index (χ0v) is 16.9. The molecule has 2 aromatic carbocycles. The van der Waals surface area contributed by atoms with Crippen molar-refractivity contribution in [2.24, 2.45) is 7.05 Å². The molecule has 0 radical (unpaired) electrons. The lowest BCUT2D eigenvalue weighted by molar-refractivity contribution is 0.102. The second kappa shape index (κ2) is 8.33. The van der Waals surface area contributed by atoms with Crippen LogP contribution in [0.5, 0.6) is 0 Å². The number of carbonyl (C=O) groups excluding carboxylic acids is 1. The number of hydrogen-bond acceptors (Lipinski definition) is 3. The van der Waals surface area contributed by atoms with Gasteiger partial charge in [-0.2, -0.15) is 0 Å². The van der Waals surface area contributed by atoms with Crippen LogP contribution in [-0.2, 0) is 13.6 Å². The molecule has 4 rings (SSSR count). The molecule has 1 fully saturated rings. The topological polar surface area (TPSA) is 50.2 Å². The van der Waals surface area contributed by atoms with Gasteiger partial charge in [0.05, 0.1) is 17.6 Å². The highest BCUT2D eigenvalue weighted by Crippen LogP contribution is 2.22. The van der Waals surface area contributed by atoms with Crippen LogP contribution in [-0.4, -0.2) is 33.4 Å². The average molecular weight is 397 g/mol. The first-order chi connectivity index (χ1) is 13.6. The van der Waals surface area contributed by atoms with Gasteiger partial charge in [0.2, 0.25) is 0 Å². The molecule has 0 bridgehead atoms. The van der Waals surface area contributed by atoms with Crippen LogP contribution < -0.4 is 5.32 Å². The van der Waals surface area contributed by atoms with Gasteiger partial charge >= 0.3 is 0 Å². The number of halogens is 1. The molecule has 2 heterocycles. The fourth-order valence-corrected chi connectivity index (χ4v) is 3.89. The fourth-order valence-electron chi connectivity index (χ4n) is 3.77. The summed E-state index contributed by atoms with van der Waals surface area (Å²) in [6.45, 7) is 3.16. The Kier molecular flexibility index (Phi) is 5.64. The number of nitrogens with zero attached hydrogens (tertiary/aromatic N) is 3. The second-order valence-corrected chi connectivity index (χ2v) is 7.88. The van der Waals surface area contributed by atoms with Gasteiger partial charge < -0.3 is 9.88 Å². The summed E-state index contributed by atoms with van der Waals surface area (Å²) in [4.78, 5) is 19.8. The van der Waals surface area contributed by atoms with Crippen molar-refractivity contribution >= 4 is 34.2 Å². The monoisotopic (exact) mass is 396 g/mol. The molecule has 0 saturated carbocycles. The van der Waals surface area contributed by atoms with E-state index < -0.39 is 0 Å². The van der Waals surface area contributed by atoms with E-state index in [1.54, 1.807) is 24.3 Å². The molecule has 1 aromatic heterocycles. The van der Waals surface area contributed by atoms with Gasteiger partial charge in [-0.1, -0.05) is 24.4 Å². The number of rotatable bonds is 4. The maximum absolute atomic E-state index is 12.4. The predicted molar refractivity (Wildman–Crippen MR) is 114 cm³/mol. The molecule has 1 saturated heterocycles. The van der Waals surface area contributed by atoms with Gasteiger partial charge in [-0.3, -0.25) is 9.69 Å². The molecule has 0 atom stereocenters. The Labute approximate surface area is 170 Å². The van der Waals surface area contributed by atoms with Crippen LogP contribution >= 0.6 is 11.6 Å².